The predicted octanol–water partition coefficient (Wildman–Crippen LogP) is 7.09. The fourth-order valence-corrected chi connectivity index (χ4v) is 6.74. The summed E-state index contributed by atoms with van der Waals surface area (Å²) in [6.45, 7) is 6.32. The Balaban J connectivity index is 2.06. The monoisotopic (exact) mass is 624 g/mol. The van der Waals surface area contributed by atoms with Crippen LogP contribution in [-0.4, -0.2) is 34.4 Å². The second-order valence-electron chi connectivity index (χ2n) is 10.6. The molecule has 0 aliphatic rings. The molecule has 40 heavy (non-hydrogen) atoms. The first-order valence-corrected chi connectivity index (χ1v) is 15.2. The van der Waals surface area contributed by atoms with Crippen LogP contribution in [-0.2, 0) is 27.5 Å². The Morgan fingerprint density at radius 1 is 0.950 bits per heavy atom. The molecule has 0 amide bonds. The number of rotatable bonds is 7. The molecular weight excluding hydrogens is 598 g/mol. The van der Waals surface area contributed by atoms with Crippen LogP contribution in [0.25, 0.3) is 16.8 Å². The van der Waals surface area contributed by atoms with E-state index < -0.39 is 33.3 Å². The average Bonchev–Trinajstić information content (AvgIpc) is 3.29. The minimum Gasteiger partial charge on any atom is -0.392 e. The lowest BCUT2D eigenvalue weighted by molar-refractivity contribution is 0.0740. The number of sulfone groups is 1. The van der Waals surface area contributed by atoms with Crippen molar-refractivity contribution in [3.8, 4) is 16.8 Å². The number of nitrogens with zero attached hydrogens (tertiary/aromatic N) is 2. The molecule has 0 atom stereocenters. The first kappa shape index (κ1) is 30.5. The maximum atomic E-state index is 14.5. The van der Waals surface area contributed by atoms with E-state index >= 15 is 0 Å². The number of hydrogen-bond acceptors (Lipinski definition) is 5. The number of aliphatic hydroxyl groups excluding tert-OH is 1. The molecule has 212 valence electrons. The summed E-state index contributed by atoms with van der Waals surface area (Å²) in [5.74, 6) is -0.302. The Morgan fingerprint density at radius 3 is 2.10 bits per heavy atom. The summed E-state index contributed by atoms with van der Waals surface area (Å²) < 4.78 is 42.4. The molecule has 0 aliphatic carbocycles. The third kappa shape index (κ3) is 5.66. The van der Waals surface area contributed by atoms with Crippen LogP contribution in [0.15, 0.2) is 59.6 Å². The Kier molecular flexibility index (Phi) is 8.19. The lowest BCUT2D eigenvalue weighted by Crippen LogP contribution is -2.26. The number of benzene rings is 3. The SMILES string of the molecule is CC(C)(O)c1cn(-c2c(Cl)cc(-c3ccc(CO)c(F)c3)cc2S(C)(=O)=O)c(C(C)(C)c2c(Cl)cccc2Cl)n1. The summed E-state index contributed by atoms with van der Waals surface area (Å²) >= 11 is 20.0. The first-order valence-electron chi connectivity index (χ1n) is 12.2. The quantitative estimate of drug-likeness (QED) is 0.229. The molecule has 0 unspecified atom stereocenters. The zero-order valence-electron chi connectivity index (χ0n) is 22.4. The van der Waals surface area contributed by atoms with Crippen molar-refractivity contribution in [3.05, 3.63) is 98.3 Å². The van der Waals surface area contributed by atoms with E-state index in [1.807, 2.05) is 13.8 Å². The minimum atomic E-state index is -3.91. The number of aliphatic hydroxyl groups is 2. The number of aromatic nitrogens is 2. The Bertz CT molecular complexity index is 1710. The van der Waals surface area contributed by atoms with Gasteiger partial charge in [-0.15, -0.1) is 0 Å². The largest absolute Gasteiger partial charge is 0.392 e. The van der Waals surface area contributed by atoms with Crippen molar-refractivity contribution in [2.45, 2.75) is 50.2 Å². The summed E-state index contributed by atoms with van der Waals surface area (Å²) in [7, 11) is -3.91. The van der Waals surface area contributed by atoms with Crippen molar-refractivity contribution < 1.29 is 23.0 Å². The third-order valence-electron chi connectivity index (χ3n) is 6.71. The van der Waals surface area contributed by atoms with Gasteiger partial charge in [-0.25, -0.2) is 17.8 Å². The summed E-state index contributed by atoms with van der Waals surface area (Å²) in [4.78, 5) is 4.60. The van der Waals surface area contributed by atoms with Crippen molar-refractivity contribution in [2.75, 3.05) is 6.26 Å². The molecule has 0 saturated heterocycles. The smallest absolute Gasteiger partial charge is 0.177 e. The van der Waals surface area contributed by atoms with Crippen molar-refractivity contribution in [1.29, 1.82) is 0 Å². The molecule has 11 heteroatoms. The molecule has 3 aromatic carbocycles. The van der Waals surface area contributed by atoms with Gasteiger partial charge in [-0.1, -0.05) is 53.0 Å². The zero-order chi connectivity index (χ0) is 29.8. The molecule has 4 rings (SSSR count). The van der Waals surface area contributed by atoms with Gasteiger partial charge >= 0.3 is 0 Å². The van der Waals surface area contributed by atoms with Gasteiger partial charge in [0.05, 0.1) is 33.3 Å². The van der Waals surface area contributed by atoms with Gasteiger partial charge in [-0.05, 0) is 69.2 Å². The zero-order valence-corrected chi connectivity index (χ0v) is 25.5. The second-order valence-corrected chi connectivity index (χ2v) is 13.8. The van der Waals surface area contributed by atoms with E-state index in [-0.39, 0.29) is 26.9 Å². The molecule has 0 fully saturated rings. The van der Waals surface area contributed by atoms with Crippen LogP contribution < -0.4 is 0 Å². The highest BCUT2D eigenvalue weighted by Gasteiger charge is 2.37. The van der Waals surface area contributed by atoms with E-state index in [9.17, 15) is 23.0 Å². The molecule has 4 aromatic rings. The van der Waals surface area contributed by atoms with Crippen LogP contribution >= 0.6 is 34.8 Å². The Morgan fingerprint density at radius 2 is 1.57 bits per heavy atom. The molecule has 0 spiro atoms. The van der Waals surface area contributed by atoms with Gasteiger partial charge in [0.2, 0.25) is 0 Å². The highest BCUT2D eigenvalue weighted by molar-refractivity contribution is 7.90. The van der Waals surface area contributed by atoms with Crippen LogP contribution in [0.5, 0.6) is 0 Å². The number of halogens is 4. The second kappa shape index (κ2) is 10.7. The van der Waals surface area contributed by atoms with E-state index in [0.717, 1.165) is 6.26 Å². The predicted molar refractivity (Wildman–Crippen MR) is 157 cm³/mol. The van der Waals surface area contributed by atoms with Crippen molar-refractivity contribution in [1.82, 2.24) is 9.55 Å². The summed E-state index contributed by atoms with van der Waals surface area (Å²) in [5, 5.41) is 21.0. The number of imidazole rings is 1. The van der Waals surface area contributed by atoms with Gasteiger partial charge < -0.3 is 10.2 Å². The van der Waals surface area contributed by atoms with Crippen LogP contribution in [0, 0.1) is 5.82 Å². The van der Waals surface area contributed by atoms with E-state index in [1.165, 1.54) is 35.0 Å². The fraction of sp³-hybridized carbons (Fsp3) is 0.276. The normalized spacial score (nSPS) is 12.7. The van der Waals surface area contributed by atoms with Crippen molar-refractivity contribution >= 4 is 44.6 Å². The number of hydrogen-bond donors (Lipinski definition) is 2. The van der Waals surface area contributed by atoms with Gasteiger partial charge in [0.25, 0.3) is 0 Å². The molecular formula is C29H28Cl3FN2O4S. The molecule has 0 bridgehead atoms. The van der Waals surface area contributed by atoms with E-state index in [0.29, 0.717) is 32.6 Å². The summed E-state index contributed by atoms with van der Waals surface area (Å²) in [5.41, 5.74) is -0.606. The summed E-state index contributed by atoms with van der Waals surface area (Å²) in [6, 6.07) is 12.2. The fourth-order valence-electron chi connectivity index (χ4n) is 4.61. The lowest BCUT2D eigenvalue weighted by atomic mass is 9.83. The van der Waals surface area contributed by atoms with Crippen LogP contribution in [0.3, 0.4) is 0 Å². The van der Waals surface area contributed by atoms with Crippen LogP contribution in [0.2, 0.25) is 15.1 Å². The lowest BCUT2D eigenvalue weighted by Gasteiger charge is -2.28. The highest BCUT2D eigenvalue weighted by atomic mass is 35.5. The Hall–Kier alpha value is -2.46. The highest BCUT2D eigenvalue weighted by Crippen LogP contribution is 2.43. The maximum absolute atomic E-state index is 14.5. The molecule has 2 N–H and O–H groups in total. The van der Waals surface area contributed by atoms with Gasteiger partial charge in [0.15, 0.2) is 9.84 Å². The van der Waals surface area contributed by atoms with E-state index in [4.69, 9.17) is 39.8 Å². The Labute approximate surface area is 247 Å². The van der Waals surface area contributed by atoms with Gasteiger partial charge in [-0.3, -0.25) is 4.57 Å². The van der Waals surface area contributed by atoms with Gasteiger partial charge in [-0.2, -0.15) is 0 Å². The summed E-state index contributed by atoms with van der Waals surface area (Å²) in [6.07, 6.45) is 2.58. The maximum Gasteiger partial charge on any atom is 0.177 e. The molecule has 0 saturated carbocycles. The molecule has 1 aromatic heterocycles. The van der Waals surface area contributed by atoms with Gasteiger partial charge in [0, 0.05) is 33.6 Å². The molecule has 1 heterocycles. The van der Waals surface area contributed by atoms with Crippen molar-refractivity contribution in [3.63, 3.8) is 0 Å². The van der Waals surface area contributed by atoms with E-state index in [1.54, 1.807) is 38.1 Å². The molecule has 0 radical (unpaired) electrons. The topological polar surface area (TPSA) is 92.4 Å². The van der Waals surface area contributed by atoms with Crippen LogP contribution in [0.1, 0.15) is 50.3 Å². The minimum absolute atomic E-state index is 0.0477. The first-order chi connectivity index (χ1) is 18.5. The van der Waals surface area contributed by atoms with Gasteiger partial charge in [0.1, 0.15) is 17.2 Å². The molecule has 0 aliphatic heterocycles. The standard InChI is InChI=1S/C29H28Cl3FN2O4S/c1-28(2,25-19(30)7-6-8-20(25)31)27-34-24(29(3,4)37)14-35(27)26-21(32)11-18(13-23(26)40(5,38)39)16-9-10-17(15-36)22(33)12-16/h6-14,36-37H,15H2,1-5H3. The van der Waals surface area contributed by atoms with Crippen molar-refractivity contribution in [2.24, 2.45) is 0 Å². The third-order valence-corrected chi connectivity index (χ3v) is 8.73. The van der Waals surface area contributed by atoms with E-state index in [2.05, 4.69) is 0 Å². The molecule has 6 nitrogen and oxygen atoms in total. The average molecular weight is 626 g/mol. The van der Waals surface area contributed by atoms with Crippen LogP contribution in [0.4, 0.5) is 4.39 Å².